The van der Waals surface area contributed by atoms with Crippen molar-refractivity contribution in [3.63, 3.8) is 0 Å². The van der Waals surface area contributed by atoms with Crippen LogP contribution in [0.3, 0.4) is 0 Å². The maximum Gasteiger partial charge on any atom is 0.329 e. The van der Waals surface area contributed by atoms with Crippen LogP contribution in [0.2, 0.25) is 0 Å². The number of rotatable bonds is 9. The summed E-state index contributed by atoms with van der Waals surface area (Å²) in [6, 6.07) is 11.5. The highest BCUT2D eigenvalue weighted by molar-refractivity contribution is 6.12. The fraction of sp³-hybridized carbons (Fsp3) is 0.296. The molecular weight excluding hydrogens is 488 g/mol. The summed E-state index contributed by atoms with van der Waals surface area (Å²) in [4.78, 5) is 59.0. The Morgan fingerprint density at radius 3 is 2.61 bits per heavy atom. The monoisotopic (exact) mass is 516 g/mol. The van der Waals surface area contributed by atoms with Crippen molar-refractivity contribution in [3.8, 4) is 11.5 Å². The van der Waals surface area contributed by atoms with Crippen LogP contribution in [-0.4, -0.2) is 58.3 Å². The number of amides is 5. The van der Waals surface area contributed by atoms with Crippen LogP contribution in [-0.2, 0) is 22.6 Å². The van der Waals surface area contributed by atoms with Gasteiger partial charge in [0.2, 0.25) is 11.8 Å². The van der Waals surface area contributed by atoms with Crippen molar-refractivity contribution in [2.24, 2.45) is 0 Å². The van der Waals surface area contributed by atoms with E-state index in [-0.39, 0.29) is 24.3 Å². The Kier molecular flexibility index (Phi) is 7.07. The molecule has 0 bridgehead atoms. The lowest BCUT2D eigenvalue weighted by Gasteiger charge is -2.19. The van der Waals surface area contributed by atoms with E-state index < -0.39 is 6.03 Å². The number of aromatic nitrogens is 2. The molecule has 3 N–H and O–H groups in total. The smallest absolute Gasteiger partial charge is 0.329 e. The minimum atomic E-state index is -0.470. The Bertz CT molecular complexity index is 1380. The van der Waals surface area contributed by atoms with Crippen molar-refractivity contribution < 1.29 is 23.9 Å². The summed E-state index contributed by atoms with van der Waals surface area (Å²) in [5, 5.41) is 5.17. The van der Waals surface area contributed by atoms with Gasteiger partial charge in [-0.3, -0.25) is 24.6 Å². The molecule has 0 spiro atoms. The summed E-state index contributed by atoms with van der Waals surface area (Å²) < 4.78 is 6.17. The SMILES string of the molecule is Cc1[nH]cnc1CCNC(=O)c1ccc(CN2CCCC2=O)c(Oc2ccc(N3CC(=O)NC3=O)cc2)c1. The minimum Gasteiger partial charge on any atom is -0.457 e. The number of carbonyl (C=O) groups excluding carboxylic acids is 4. The number of nitrogens with one attached hydrogen (secondary N) is 3. The largest absolute Gasteiger partial charge is 0.457 e. The predicted molar refractivity (Wildman–Crippen MR) is 138 cm³/mol. The zero-order valence-corrected chi connectivity index (χ0v) is 21.0. The Morgan fingerprint density at radius 2 is 1.95 bits per heavy atom. The Morgan fingerprint density at radius 1 is 1.13 bits per heavy atom. The number of likely N-dealkylation sites (tertiary alicyclic amines) is 1. The molecule has 5 amide bonds. The number of anilines is 1. The lowest BCUT2D eigenvalue weighted by Crippen LogP contribution is -2.27. The lowest BCUT2D eigenvalue weighted by molar-refractivity contribution is -0.128. The molecule has 2 aliphatic heterocycles. The molecule has 3 heterocycles. The van der Waals surface area contributed by atoms with E-state index in [2.05, 4.69) is 20.6 Å². The van der Waals surface area contributed by atoms with Crippen molar-refractivity contribution in [1.29, 1.82) is 0 Å². The topological polar surface area (TPSA) is 137 Å². The summed E-state index contributed by atoms with van der Waals surface area (Å²) in [5.41, 5.74) is 3.64. The van der Waals surface area contributed by atoms with Gasteiger partial charge in [-0.2, -0.15) is 0 Å². The number of imide groups is 1. The van der Waals surface area contributed by atoms with Crippen LogP contribution in [0.1, 0.15) is 40.2 Å². The van der Waals surface area contributed by atoms with Gasteiger partial charge in [0.1, 0.15) is 18.0 Å². The summed E-state index contributed by atoms with van der Waals surface area (Å²) in [5.74, 6) is 0.440. The second-order valence-electron chi connectivity index (χ2n) is 9.26. The highest BCUT2D eigenvalue weighted by Crippen LogP contribution is 2.30. The average Bonchev–Trinajstić information content (AvgIpc) is 3.60. The van der Waals surface area contributed by atoms with Gasteiger partial charge in [-0.05, 0) is 49.7 Å². The first kappa shape index (κ1) is 25.0. The quantitative estimate of drug-likeness (QED) is 0.374. The fourth-order valence-corrected chi connectivity index (χ4v) is 4.51. The van der Waals surface area contributed by atoms with Gasteiger partial charge in [-0.25, -0.2) is 9.78 Å². The normalized spacial score (nSPS) is 15.2. The van der Waals surface area contributed by atoms with Gasteiger partial charge in [0.05, 0.1) is 12.0 Å². The van der Waals surface area contributed by atoms with E-state index in [0.717, 1.165) is 23.4 Å². The summed E-state index contributed by atoms with van der Waals surface area (Å²) in [6.07, 6.45) is 3.58. The highest BCUT2D eigenvalue weighted by atomic mass is 16.5. The molecular formula is C27H28N6O5. The molecule has 0 saturated carbocycles. The number of H-pyrrole nitrogens is 1. The van der Waals surface area contributed by atoms with Crippen molar-refractivity contribution in [2.45, 2.75) is 32.7 Å². The second-order valence-corrected chi connectivity index (χ2v) is 9.26. The van der Waals surface area contributed by atoms with Crippen LogP contribution in [0, 0.1) is 6.92 Å². The molecule has 2 aromatic carbocycles. The molecule has 11 nitrogen and oxygen atoms in total. The molecule has 3 aromatic rings. The molecule has 38 heavy (non-hydrogen) atoms. The number of aryl methyl sites for hydroxylation is 1. The average molecular weight is 517 g/mol. The van der Waals surface area contributed by atoms with Crippen LogP contribution in [0.5, 0.6) is 11.5 Å². The molecule has 0 radical (unpaired) electrons. The fourth-order valence-electron chi connectivity index (χ4n) is 4.51. The van der Waals surface area contributed by atoms with Gasteiger partial charge in [0, 0.05) is 55.0 Å². The van der Waals surface area contributed by atoms with E-state index in [1.165, 1.54) is 4.90 Å². The molecule has 196 valence electrons. The molecule has 2 aliphatic rings. The van der Waals surface area contributed by atoms with Crippen LogP contribution < -0.4 is 20.3 Å². The standard InChI is InChI=1S/C27H28N6O5/c1-17-22(30-16-29-17)10-11-28-26(36)18-4-5-19(14-32-12-2-3-25(32)35)23(13-18)38-21-8-6-20(7-9-21)33-15-24(34)31-27(33)37/h4-9,13,16H,2-3,10-12,14-15H2,1H3,(H,28,36)(H,29,30)(H,31,34,37). The minimum absolute atomic E-state index is 0.0378. The molecule has 0 unspecified atom stereocenters. The Labute approximate surface area is 219 Å². The van der Waals surface area contributed by atoms with E-state index in [9.17, 15) is 19.2 Å². The van der Waals surface area contributed by atoms with Crippen molar-refractivity contribution in [3.05, 3.63) is 71.3 Å². The Balaban J connectivity index is 1.32. The molecule has 2 saturated heterocycles. The van der Waals surface area contributed by atoms with E-state index in [0.29, 0.717) is 55.2 Å². The number of hydrogen-bond donors (Lipinski definition) is 3. The van der Waals surface area contributed by atoms with Gasteiger partial charge in [0.25, 0.3) is 5.91 Å². The molecule has 2 fully saturated rings. The third-order valence-corrected chi connectivity index (χ3v) is 6.61. The van der Waals surface area contributed by atoms with E-state index in [4.69, 9.17) is 4.74 Å². The first-order valence-corrected chi connectivity index (χ1v) is 12.4. The van der Waals surface area contributed by atoms with Gasteiger partial charge in [-0.1, -0.05) is 6.07 Å². The number of nitrogens with zero attached hydrogens (tertiary/aromatic N) is 3. The molecule has 0 atom stereocenters. The first-order valence-electron chi connectivity index (χ1n) is 12.4. The number of imidazole rings is 1. The maximum atomic E-state index is 12.9. The summed E-state index contributed by atoms with van der Waals surface area (Å²) >= 11 is 0. The number of benzene rings is 2. The van der Waals surface area contributed by atoms with Gasteiger partial charge in [-0.15, -0.1) is 0 Å². The van der Waals surface area contributed by atoms with Crippen molar-refractivity contribution >= 4 is 29.4 Å². The zero-order valence-electron chi connectivity index (χ0n) is 21.0. The number of carbonyl (C=O) groups is 4. The van der Waals surface area contributed by atoms with E-state index >= 15 is 0 Å². The highest BCUT2D eigenvalue weighted by Gasteiger charge is 2.28. The summed E-state index contributed by atoms with van der Waals surface area (Å²) in [6.45, 7) is 3.38. The van der Waals surface area contributed by atoms with Gasteiger partial charge < -0.3 is 19.9 Å². The van der Waals surface area contributed by atoms with E-state index in [1.807, 2.05) is 13.0 Å². The van der Waals surface area contributed by atoms with Gasteiger partial charge in [0.15, 0.2) is 0 Å². The zero-order chi connectivity index (χ0) is 26.6. The van der Waals surface area contributed by atoms with Crippen molar-refractivity contribution in [1.82, 2.24) is 25.5 Å². The van der Waals surface area contributed by atoms with Crippen LogP contribution in [0.25, 0.3) is 0 Å². The first-order chi connectivity index (χ1) is 18.4. The van der Waals surface area contributed by atoms with Gasteiger partial charge >= 0.3 is 6.03 Å². The number of hydrogen-bond acceptors (Lipinski definition) is 6. The van der Waals surface area contributed by atoms with Crippen LogP contribution in [0.4, 0.5) is 10.5 Å². The predicted octanol–water partition coefficient (Wildman–Crippen LogP) is 2.66. The molecule has 1 aromatic heterocycles. The third kappa shape index (κ3) is 5.51. The third-order valence-electron chi connectivity index (χ3n) is 6.61. The number of urea groups is 1. The van der Waals surface area contributed by atoms with E-state index in [1.54, 1.807) is 47.6 Å². The summed E-state index contributed by atoms with van der Waals surface area (Å²) in [7, 11) is 0. The Hall–Kier alpha value is -4.67. The van der Waals surface area contributed by atoms with Crippen LogP contribution >= 0.6 is 0 Å². The van der Waals surface area contributed by atoms with Crippen molar-refractivity contribution in [2.75, 3.05) is 24.5 Å². The van der Waals surface area contributed by atoms with Crippen LogP contribution in [0.15, 0.2) is 48.8 Å². The molecule has 5 rings (SSSR count). The molecule has 0 aliphatic carbocycles. The number of aromatic amines is 1. The number of ether oxygens (including phenoxy) is 1. The maximum absolute atomic E-state index is 12.9. The molecule has 11 heteroatoms. The lowest BCUT2D eigenvalue weighted by atomic mass is 10.1. The second kappa shape index (κ2) is 10.8.